The molecular weight excluding hydrogens is 540 g/mol. The topological polar surface area (TPSA) is 232 Å². The molecule has 0 fully saturated rings. The van der Waals surface area contributed by atoms with Crippen molar-refractivity contribution in [1.29, 1.82) is 0 Å². The first-order valence-corrected chi connectivity index (χ1v) is 13.8. The average molecular weight is 565 g/mol. The van der Waals surface area contributed by atoms with Crippen molar-refractivity contribution in [2.45, 2.75) is 20.4 Å². The van der Waals surface area contributed by atoms with E-state index in [0.717, 1.165) is 22.9 Å². The fraction of sp³-hybridized carbons (Fsp3) is 0.421. The van der Waals surface area contributed by atoms with Crippen LogP contribution < -0.4 is 5.56 Å². The highest BCUT2D eigenvalue weighted by Gasteiger charge is 2.35. The Bertz CT molecular complexity index is 1430. The molecule has 2 heterocycles. The van der Waals surface area contributed by atoms with Crippen LogP contribution in [0.3, 0.4) is 0 Å². The molecule has 0 saturated carbocycles. The second-order valence-electron chi connectivity index (χ2n) is 7.19. The number of hydrogen-bond acceptors (Lipinski definition) is 11. The number of amides is 1. The van der Waals surface area contributed by atoms with E-state index in [4.69, 9.17) is 18.6 Å². The zero-order chi connectivity index (χ0) is 28.0. The molecule has 0 saturated heterocycles. The highest BCUT2D eigenvalue weighted by Crippen LogP contribution is 2.17. The van der Waals surface area contributed by atoms with Crippen LogP contribution in [0.15, 0.2) is 27.6 Å². The minimum Gasteiger partial charge on any atom is -0.461 e. The number of rotatable bonds is 12. The molecule has 0 aliphatic carbocycles. The minimum atomic E-state index is -4.44. The molecule has 0 radical (unpaired) electrons. The van der Waals surface area contributed by atoms with Crippen LogP contribution >= 0.6 is 0 Å². The molecule has 1 aliphatic heterocycles. The summed E-state index contributed by atoms with van der Waals surface area (Å²) in [5.74, 6) is -4.51. The maximum Gasteiger partial charge on any atom is 0.359 e. The molecule has 0 bridgehead atoms. The van der Waals surface area contributed by atoms with Crippen molar-refractivity contribution in [2.24, 2.45) is 5.10 Å². The number of esters is 2. The standard InChI is InChI=1S/C19H24N4O12S2/c1-3-34-18(26)14-12(16(24)22(20-14)8-10-36(28,29)30)6-5-7-13-15(19(27)35-4-2)21-23(17(13)25)9-11-37(31,32)33/h5-7,20H,3-4,8-11H2,1-2H3,(H,28,29,30)(H,31,32,33)/b6-5?,13-7-. The Balaban J connectivity index is 2.46. The third kappa shape index (κ3) is 8.20. The first-order chi connectivity index (χ1) is 17.2. The Morgan fingerprint density at radius 2 is 1.54 bits per heavy atom. The lowest BCUT2D eigenvalue weighted by Gasteiger charge is -2.09. The molecule has 0 spiro atoms. The van der Waals surface area contributed by atoms with E-state index >= 15 is 0 Å². The summed E-state index contributed by atoms with van der Waals surface area (Å²) in [5, 5.41) is 6.80. The van der Waals surface area contributed by atoms with Gasteiger partial charge in [-0.3, -0.25) is 28.5 Å². The van der Waals surface area contributed by atoms with Gasteiger partial charge in [0.05, 0.1) is 48.9 Å². The summed E-state index contributed by atoms with van der Waals surface area (Å²) in [5.41, 5.74) is -2.27. The smallest absolute Gasteiger partial charge is 0.359 e. The predicted octanol–water partition coefficient (Wildman–Crippen LogP) is -1.17. The van der Waals surface area contributed by atoms with Crippen LogP contribution in [-0.4, -0.2) is 95.6 Å². The third-order valence-electron chi connectivity index (χ3n) is 4.54. The number of nitrogens with zero attached hydrogens (tertiary/aromatic N) is 3. The van der Waals surface area contributed by atoms with Crippen molar-refractivity contribution < 1.29 is 49.8 Å². The molecular formula is C19H24N4O12S2. The molecule has 1 amide bonds. The van der Waals surface area contributed by atoms with Crippen molar-refractivity contribution in [3.05, 3.63) is 39.3 Å². The van der Waals surface area contributed by atoms with Crippen molar-refractivity contribution >= 4 is 49.9 Å². The van der Waals surface area contributed by atoms with Gasteiger partial charge in [-0.15, -0.1) is 0 Å². The van der Waals surface area contributed by atoms with Crippen LogP contribution in [0.2, 0.25) is 0 Å². The molecule has 204 valence electrons. The number of aromatic nitrogens is 2. The number of hydrazone groups is 1. The fourth-order valence-electron chi connectivity index (χ4n) is 2.93. The molecule has 37 heavy (non-hydrogen) atoms. The summed E-state index contributed by atoms with van der Waals surface area (Å²) in [6, 6.07) is 0. The molecule has 2 rings (SSSR count). The first-order valence-electron chi connectivity index (χ1n) is 10.5. The van der Waals surface area contributed by atoms with Crippen LogP contribution in [-0.2, 0) is 45.8 Å². The highest BCUT2D eigenvalue weighted by atomic mass is 32.2. The number of carbonyl (C=O) groups excluding carboxylic acids is 3. The van der Waals surface area contributed by atoms with Crippen LogP contribution in [0, 0.1) is 0 Å². The van der Waals surface area contributed by atoms with Crippen LogP contribution in [0.25, 0.3) is 6.08 Å². The van der Waals surface area contributed by atoms with E-state index in [-0.39, 0.29) is 30.0 Å². The molecule has 0 atom stereocenters. The molecule has 1 aromatic heterocycles. The summed E-state index contributed by atoms with van der Waals surface area (Å²) in [7, 11) is -8.86. The van der Waals surface area contributed by atoms with Gasteiger partial charge in [0.1, 0.15) is 0 Å². The molecule has 18 heteroatoms. The monoisotopic (exact) mass is 564 g/mol. The fourth-order valence-corrected chi connectivity index (χ4v) is 3.75. The zero-order valence-corrected chi connectivity index (χ0v) is 21.2. The zero-order valence-electron chi connectivity index (χ0n) is 19.6. The van der Waals surface area contributed by atoms with Crippen molar-refractivity contribution in [3.63, 3.8) is 0 Å². The Morgan fingerprint density at radius 1 is 0.973 bits per heavy atom. The van der Waals surface area contributed by atoms with E-state index < -0.39 is 73.9 Å². The Kier molecular flexibility index (Phi) is 9.67. The van der Waals surface area contributed by atoms with Crippen molar-refractivity contribution in [2.75, 3.05) is 31.3 Å². The van der Waals surface area contributed by atoms with Gasteiger partial charge in [-0.2, -0.15) is 21.9 Å². The van der Waals surface area contributed by atoms with Gasteiger partial charge < -0.3 is 9.47 Å². The third-order valence-corrected chi connectivity index (χ3v) is 5.94. The molecule has 3 N–H and O–H groups in total. The Hall–Kier alpha value is -3.61. The number of aromatic amines is 1. The lowest BCUT2D eigenvalue weighted by molar-refractivity contribution is -0.135. The summed E-state index contributed by atoms with van der Waals surface area (Å²) in [4.78, 5) is 49.9. The van der Waals surface area contributed by atoms with Gasteiger partial charge in [0.15, 0.2) is 11.4 Å². The summed E-state index contributed by atoms with van der Waals surface area (Å²) in [6.07, 6.45) is 3.27. The van der Waals surface area contributed by atoms with Crippen molar-refractivity contribution in [3.8, 4) is 0 Å². The van der Waals surface area contributed by atoms with Crippen LogP contribution in [0.4, 0.5) is 0 Å². The predicted molar refractivity (Wildman–Crippen MR) is 127 cm³/mol. The van der Waals surface area contributed by atoms with Gasteiger partial charge in [0.2, 0.25) is 0 Å². The molecule has 0 unspecified atom stereocenters. The van der Waals surface area contributed by atoms with E-state index in [9.17, 15) is 36.0 Å². The largest absolute Gasteiger partial charge is 0.461 e. The van der Waals surface area contributed by atoms with E-state index in [2.05, 4.69) is 10.2 Å². The molecule has 1 aromatic rings. The molecule has 0 aromatic carbocycles. The van der Waals surface area contributed by atoms with E-state index in [1.165, 1.54) is 13.8 Å². The van der Waals surface area contributed by atoms with Gasteiger partial charge in [0, 0.05) is 0 Å². The lowest BCUT2D eigenvalue weighted by atomic mass is 10.1. The second kappa shape index (κ2) is 12.1. The number of aryl methyl sites for hydroxylation is 1. The number of H-pyrrole nitrogens is 1. The maximum atomic E-state index is 12.7. The number of ether oxygens (including phenoxy) is 2. The van der Waals surface area contributed by atoms with E-state index in [0.29, 0.717) is 5.01 Å². The highest BCUT2D eigenvalue weighted by molar-refractivity contribution is 7.86. The average Bonchev–Trinajstić information content (AvgIpc) is 3.27. The van der Waals surface area contributed by atoms with Gasteiger partial charge in [-0.05, 0) is 26.0 Å². The Labute approximate surface area is 210 Å². The number of hydrogen-bond donors (Lipinski definition) is 3. The SMILES string of the molecule is CCOC(=O)C1=NN(CCS(=O)(=O)O)C(=O)/C1=C\C=Cc1c(C(=O)OCC)[nH]n(CCS(=O)(=O)O)c1=O. The molecule has 1 aliphatic rings. The minimum absolute atomic E-state index is 0.0441. The number of carbonyl (C=O) groups is 3. The summed E-state index contributed by atoms with van der Waals surface area (Å²) < 4.78 is 72.5. The summed E-state index contributed by atoms with van der Waals surface area (Å²) >= 11 is 0. The van der Waals surface area contributed by atoms with Gasteiger partial charge in [-0.1, -0.05) is 6.08 Å². The number of allylic oxidation sites excluding steroid dienone is 2. The van der Waals surface area contributed by atoms with Gasteiger partial charge in [0.25, 0.3) is 31.7 Å². The maximum absolute atomic E-state index is 12.7. The van der Waals surface area contributed by atoms with Crippen LogP contribution in [0.1, 0.15) is 29.9 Å². The van der Waals surface area contributed by atoms with Gasteiger partial charge in [-0.25, -0.2) is 14.6 Å². The van der Waals surface area contributed by atoms with Gasteiger partial charge >= 0.3 is 11.9 Å². The number of nitrogens with one attached hydrogen (secondary N) is 1. The first kappa shape index (κ1) is 29.6. The second-order valence-corrected chi connectivity index (χ2v) is 10.3. The van der Waals surface area contributed by atoms with Crippen LogP contribution in [0.5, 0.6) is 0 Å². The lowest BCUT2D eigenvalue weighted by Crippen LogP contribution is -2.28. The molecule has 16 nitrogen and oxygen atoms in total. The summed E-state index contributed by atoms with van der Waals surface area (Å²) in [6.45, 7) is 1.84. The Morgan fingerprint density at radius 3 is 2.11 bits per heavy atom. The quantitative estimate of drug-likeness (QED) is 0.155. The normalized spacial score (nSPS) is 15.5. The van der Waals surface area contributed by atoms with E-state index in [1.807, 2.05) is 0 Å². The van der Waals surface area contributed by atoms with Crippen molar-refractivity contribution in [1.82, 2.24) is 14.8 Å². The van der Waals surface area contributed by atoms with E-state index in [1.54, 1.807) is 0 Å².